The Hall–Kier alpha value is -0.750. The van der Waals surface area contributed by atoms with Gasteiger partial charge < -0.3 is 0 Å². The van der Waals surface area contributed by atoms with Crippen LogP contribution in [-0.2, 0) is 6.42 Å². The Bertz CT molecular complexity index is 629. The van der Waals surface area contributed by atoms with Gasteiger partial charge in [0, 0.05) is 12.3 Å². The molecule has 0 N–H and O–H groups in total. The molecular formula is C14H11ClFIN2. The maximum atomic E-state index is 13.2. The average Bonchev–Trinajstić information content (AvgIpc) is 3.18. The van der Waals surface area contributed by atoms with Crippen LogP contribution < -0.4 is 0 Å². The lowest BCUT2D eigenvalue weighted by Gasteiger charge is -2.07. The first-order valence-corrected chi connectivity index (χ1v) is 7.55. The Kier molecular flexibility index (Phi) is 3.71. The zero-order chi connectivity index (χ0) is 13.4. The molecule has 1 heterocycles. The zero-order valence-corrected chi connectivity index (χ0v) is 12.9. The van der Waals surface area contributed by atoms with Crippen LogP contribution in [0.3, 0.4) is 0 Å². The maximum Gasteiger partial charge on any atom is 0.146 e. The molecule has 0 atom stereocenters. The first-order chi connectivity index (χ1) is 9.13. The van der Waals surface area contributed by atoms with Gasteiger partial charge in [-0.05, 0) is 53.1 Å². The third kappa shape index (κ3) is 3.05. The highest BCUT2D eigenvalue weighted by Gasteiger charge is 2.29. The van der Waals surface area contributed by atoms with Gasteiger partial charge in [0.05, 0.1) is 9.26 Å². The molecule has 0 spiro atoms. The SMILES string of the molecule is Fc1cccc(Cc2nc(Cl)c(I)c(C3CC3)n2)c1. The van der Waals surface area contributed by atoms with Crippen molar-refractivity contribution in [3.63, 3.8) is 0 Å². The minimum Gasteiger partial charge on any atom is -0.236 e. The Morgan fingerprint density at radius 2 is 2.11 bits per heavy atom. The standard InChI is InChI=1S/C14H11ClFIN2/c15-14-12(17)13(9-4-5-9)18-11(19-14)7-8-2-1-3-10(16)6-8/h1-3,6,9H,4-5,7H2. The summed E-state index contributed by atoms with van der Waals surface area (Å²) in [5.74, 6) is 0.952. The molecule has 0 unspecified atom stereocenters. The predicted octanol–water partition coefficient (Wildman–Crippen LogP) is 4.34. The molecule has 0 saturated heterocycles. The summed E-state index contributed by atoms with van der Waals surface area (Å²) in [4.78, 5) is 8.89. The number of hydrogen-bond acceptors (Lipinski definition) is 2. The highest BCUT2D eigenvalue weighted by atomic mass is 127. The first-order valence-electron chi connectivity index (χ1n) is 6.10. The third-order valence-corrected chi connectivity index (χ3v) is 4.75. The van der Waals surface area contributed by atoms with E-state index in [9.17, 15) is 4.39 Å². The van der Waals surface area contributed by atoms with Crippen molar-refractivity contribution in [2.75, 3.05) is 0 Å². The van der Waals surface area contributed by atoms with E-state index in [1.807, 2.05) is 6.07 Å². The van der Waals surface area contributed by atoms with E-state index in [4.69, 9.17) is 11.6 Å². The van der Waals surface area contributed by atoms with Crippen LogP contribution in [0.1, 0.15) is 35.8 Å². The maximum absolute atomic E-state index is 13.2. The molecule has 0 amide bonds. The number of nitrogens with zero attached hydrogens (tertiary/aromatic N) is 2. The Morgan fingerprint density at radius 3 is 2.79 bits per heavy atom. The molecule has 98 valence electrons. The number of benzene rings is 1. The van der Waals surface area contributed by atoms with Gasteiger partial charge in [-0.2, -0.15) is 0 Å². The monoisotopic (exact) mass is 388 g/mol. The summed E-state index contributed by atoms with van der Waals surface area (Å²) in [5, 5.41) is 0.504. The molecular weight excluding hydrogens is 378 g/mol. The molecule has 1 fully saturated rings. The molecule has 0 bridgehead atoms. The highest BCUT2D eigenvalue weighted by Crippen LogP contribution is 2.42. The molecule has 1 saturated carbocycles. The average molecular weight is 389 g/mol. The summed E-state index contributed by atoms with van der Waals surface area (Å²) in [5.41, 5.74) is 1.91. The Balaban J connectivity index is 1.92. The van der Waals surface area contributed by atoms with Gasteiger partial charge in [0.25, 0.3) is 0 Å². The normalized spacial score (nSPS) is 14.7. The minimum absolute atomic E-state index is 0.239. The lowest BCUT2D eigenvalue weighted by atomic mass is 10.1. The highest BCUT2D eigenvalue weighted by molar-refractivity contribution is 14.1. The van der Waals surface area contributed by atoms with Crippen molar-refractivity contribution in [2.24, 2.45) is 0 Å². The number of halogens is 3. The van der Waals surface area contributed by atoms with Crippen LogP contribution in [0.15, 0.2) is 24.3 Å². The quantitative estimate of drug-likeness (QED) is 0.577. The Morgan fingerprint density at radius 1 is 1.32 bits per heavy atom. The first kappa shape index (κ1) is 13.2. The molecule has 2 aromatic rings. The van der Waals surface area contributed by atoms with E-state index in [1.165, 1.54) is 25.0 Å². The van der Waals surface area contributed by atoms with Crippen LogP contribution in [0.4, 0.5) is 4.39 Å². The summed E-state index contributed by atoms with van der Waals surface area (Å²) in [7, 11) is 0. The van der Waals surface area contributed by atoms with E-state index in [0.29, 0.717) is 23.3 Å². The third-order valence-electron chi connectivity index (χ3n) is 3.10. The second-order valence-electron chi connectivity index (χ2n) is 4.71. The smallest absolute Gasteiger partial charge is 0.146 e. The fourth-order valence-electron chi connectivity index (χ4n) is 2.02. The minimum atomic E-state index is -0.239. The molecule has 2 nitrogen and oxygen atoms in total. The molecule has 19 heavy (non-hydrogen) atoms. The van der Waals surface area contributed by atoms with Crippen LogP contribution in [0, 0.1) is 9.39 Å². The van der Waals surface area contributed by atoms with E-state index in [1.54, 1.807) is 6.07 Å². The van der Waals surface area contributed by atoms with E-state index in [0.717, 1.165) is 14.8 Å². The fraction of sp³-hybridized carbons (Fsp3) is 0.286. The molecule has 0 radical (unpaired) electrons. The summed E-state index contributed by atoms with van der Waals surface area (Å²) >= 11 is 8.35. The lowest BCUT2D eigenvalue weighted by Crippen LogP contribution is -2.03. The van der Waals surface area contributed by atoms with Gasteiger partial charge in [0.1, 0.15) is 16.8 Å². The molecule has 1 aromatic carbocycles. The van der Waals surface area contributed by atoms with Gasteiger partial charge >= 0.3 is 0 Å². The summed E-state index contributed by atoms with van der Waals surface area (Å²) < 4.78 is 14.1. The van der Waals surface area contributed by atoms with Crippen LogP contribution in [0.25, 0.3) is 0 Å². The van der Waals surface area contributed by atoms with Crippen LogP contribution >= 0.6 is 34.2 Å². The van der Waals surface area contributed by atoms with Crippen LogP contribution in [-0.4, -0.2) is 9.97 Å². The van der Waals surface area contributed by atoms with Crippen molar-refractivity contribution in [1.29, 1.82) is 0 Å². The van der Waals surface area contributed by atoms with Crippen molar-refractivity contribution in [3.05, 3.63) is 55.9 Å². The van der Waals surface area contributed by atoms with Gasteiger partial charge in [0.15, 0.2) is 0 Å². The number of rotatable bonds is 3. The van der Waals surface area contributed by atoms with Crippen LogP contribution in [0.5, 0.6) is 0 Å². The van der Waals surface area contributed by atoms with Gasteiger partial charge in [-0.3, -0.25) is 0 Å². The van der Waals surface area contributed by atoms with Crippen molar-refractivity contribution >= 4 is 34.2 Å². The summed E-state index contributed by atoms with van der Waals surface area (Å²) in [6.45, 7) is 0. The van der Waals surface area contributed by atoms with Crippen molar-refractivity contribution < 1.29 is 4.39 Å². The molecule has 0 aliphatic heterocycles. The van der Waals surface area contributed by atoms with E-state index in [-0.39, 0.29) is 5.82 Å². The topological polar surface area (TPSA) is 25.8 Å². The van der Waals surface area contributed by atoms with E-state index in [2.05, 4.69) is 32.6 Å². The van der Waals surface area contributed by atoms with Crippen molar-refractivity contribution in [1.82, 2.24) is 9.97 Å². The predicted molar refractivity (Wildman–Crippen MR) is 80.9 cm³/mol. The second-order valence-corrected chi connectivity index (χ2v) is 6.15. The number of hydrogen-bond donors (Lipinski definition) is 0. The van der Waals surface area contributed by atoms with Gasteiger partial charge in [-0.15, -0.1) is 0 Å². The lowest BCUT2D eigenvalue weighted by molar-refractivity contribution is 0.625. The molecule has 1 aliphatic carbocycles. The molecule has 1 aliphatic rings. The van der Waals surface area contributed by atoms with Gasteiger partial charge in [-0.25, -0.2) is 14.4 Å². The second kappa shape index (κ2) is 5.32. The Labute approximate surface area is 129 Å². The molecule has 5 heteroatoms. The zero-order valence-electron chi connectivity index (χ0n) is 10.0. The van der Waals surface area contributed by atoms with Crippen LogP contribution in [0.2, 0.25) is 5.15 Å². The molecule has 3 rings (SSSR count). The van der Waals surface area contributed by atoms with E-state index >= 15 is 0 Å². The van der Waals surface area contributed by atoms with Gasteiger partial charge in [-0.1, -0.05) is 23.7 Å². The fourth-order valence-corrected chi connectivity index (χ4v) is 2.89. The van der Waals surface area contributed by atoms with Crippen molar-refractivity contribution in [3.8, 4) is 0 Å². The summed E-state index contributed by atoms with van der Waals surface area (Å²) in [6.07, 6.45) is 2.85. The number of aromatic nitrogens is 2. The van der Waals surface area contributed by atoms with Gasteiger partial charge in [0.2, 0.25) is 0 Å². The van der Waals surface area contributed by atoms with Crippen molar-refractivity contribution in [2.45, 2.75) is 25.2 Å². The molecule has 1 aromatic heterocycles. The largest absolute Gasteiger partial charge is 0.236 e. The summed E-state index contributed by atoms with van der Waals surface area (Å²) in [6, 6.07) is 6.50. The van der Waals surface area contributed by atoms with E-state index < -0.39 is 0 Å².